The summed E-state index contributed by atoms with van der Waals surface area (Å²) in [6.45, 7) is 4.84. The number of unbranched alkanes of at least 4 members (excludes halogenated alkanes) is 5. The van der Waals surface area contributed by atoms with Crippen LogP contribution >= 0.6 is 0 Å². The molecular formula is C26H32N2O2. The van der Waals surface area contributed by atoms with Gasteiger partial charge in [-0.05, 0) is 42.7 Å². The van der Waals surface area contributed by atoms with Crippen LogP contribution in [-0.4, -0.2) is 12.5 Å². The summed E-state index contributed by atoms with van der Waals surface area (Å²) in [5.74, 6) is 0.429. The molecule has 1 N–H and O–H groups in total. The Labute approximate surface area is 180 Å². The largest absolute Gasteiger partial charge is 0.494 e. The molecule has 2 rings (SSSR count). The van der Waals surface area contributed by atoms with Crippen molar-refractivity contribution < 1.29 is 9.53 Å². The SMILES string of the molecule is CCCCCCCCOc1ccc(/C=C(\C#N)C(=O)NC(C)c2ccccc2)cc1. The highest BCUT2D eigenvalue weighted by Gasteiger charge is 2.13. The second-order valence-electron chi connectivity index (χ2n) is 7.46. The number of hydrogen-bond donors (Lipinski definition) is 1. The summed E-state index contributed by atoms with van der Waals surface area (Å²) in [4.78, 5) is 12.5. The quantitative estimate of drug-likeness (QED) is 0.260. The highest BCUT2D eigenvalue weighted by atomic mass is 16.5. The molecule has 1 amide bonds. The van der Waals surface area contributed by atoms with Crippen molar-refractivity contribution >= 4 is 12.0 Å². The molecule has 30 heavy (non-hydrogen) atoms. The van der Waals surface area contributed by atoms with Crippen molar-refractivity contribution in [3.8, 4) is 11.8 Å². The molecule has 2 aromatic rings. The topological polar surface area (TPSA) is 62.1 Å². The van der Waals surface area contributed by atoms with E-state index in [4.69, 9.17) is 4.74 Å². The molecule has 158 valence electrons. The van der Waals surface area contributed by atoms with Crippen LogP contribution in [0.4, 0.5) is 0 Å². The Morgan fingerprint density at radius 2 is 1.70 bits per heavy atom. The Balaban J connectivity index is 1.85. The molecule has 0 heterocycles. The van der Waals surface area contributed by atoms with E-state index in [9.17, 15) is 10.1 Å². The van der Waals surface area contributed by atoms with Gasteiger partial charge in [-0.1, -0.05) is 81.5 Å². The molecule has 0 radical (unpaired) electrons. The van der Waals surface area contributed by atoms with Crippen molar-refractivity contribution in [3.63, 3.8) is 0 Å². The number of ether oxygens (including phenoxy) is 1. The number of nitrogens with zero attached hydrogens (tertiary/aromatic N) is 1. The molecule has 0 aliphatic heterocycles. The third-order valence-corrected chi connectivity index (χ3v) is 4.97. The maximum atomic E-state index is 12.5. The van der Waals surface area contributed by atoms with Crippen LogP contribution in [0.3, 0.4) is 0 Å². The molecule has 0 fully saturated rings. The minimum atomic E-state index is -0.378. The van der Waals surface area contributed by atoms with Crippen molar-refractivity contribution in [1.82, 2.24) is 5.32 Å². The molecule has 0 aliphatic rings. The Morgan fingerprint density at radius 1 is 1.03 bits per heavy atom. The standard InChI is InChI=1S/C26H32N2O2/c1-3-4-5-6-7-11-18-30-25-16-14-22(15-17-25)19-24(20-27)26(29)28-21(2)23-12-9-8-10-13-23/h8-10,12-17,19,21H,3-7,11,18H2,1-2H3,(H,28,29)/b24-19+. The third kappa shape index (κ3) is 8.13. The van der Waals surface area contributed by atoms with Crippen LogP contribution in [0.5, 0.6) is 5.75 Å². The lowest BCUT2D eigenvalue weighted by Crippen LogP contribution is -2.27. The number of nitriles is 1. The van der Waals surface area contributed by atoms with Gasteiger partial charge in [-0.3, -0.25) is 4.79 Å². The first-order valence-corrected chi connectivity index (χ1v) is 10.8. The van der Waals surface area contributed by atoms with E-state index >= 15 is 0 Å². The normalized spacial score (nSPS) is 12.1. The molecule has 0 bridgehead atoms. The number of carbonyl (C=O) groups is 1. The number of rotatable bonds is 12. The molecule has 0 aliphatic carbocycles. The first-order valence-electron chi connectivity index (χ1n) is 10.8. The van der Waals surface area contributed by atoms with E-state index in [0.717, 1.165) is 23.3 Å². The first kappa shape index (κ1) is 23.2. The number of amides is 1. The minimum Gasteiger partial charge on any atom is -0.494 e. The van der Waals surface area contributed by atoms with E-state index < -0.39 is 0 Å². The third-order valence-electron chi connectivity index (χ3n) is 4.97. The molecule has 0 saturated carbocycles. The van der Waals surface area contributed by atoms with Gasteiger partial charge in [0.1, 0.15) is 17.4 Å². The molecule has 2 aromatic carbocycles. The summed E-state index contributed by atoms with van der Waals surface area (Å²) >= 11 is 0. The Bertz CT molecular complexity index is 836. The highest BCUT2D eigenvalue weighted by Crippen LogP contribution is 2.17. The van der Waals surface area contributed by atoms with Gasteiger partial charge in [0.15, 0.2) is 0 Å². The average molecular weight is 405 g/mol. The summed E-state index contributed by atoms with van der Waals surface area (Å²) in [7, 11) is 0. The maximum Gasteiger partial charge on any atom is 0.262 e. The maximum absolute atomic E-state index is 12.5. The van der Waals surface area contributed by atoms with Crippen LogP contribution in [0.2, 0.25) is 0 Å². The van der Waals surface area contributed by atoms with Gasteiger partial charge in [0.2, 0.25) is 0 Å². The molecule has 4 heteroatoms. The Morgan fingerprint density at radius 3 is 2.37 bits per heavy atom. The zero-order valence-corrected chi connectivity index (χ0v) is 18.1. The molecule has 1 unspecified atom stereocenters. The Hall–Kier alpha value is -3.06. The van der Waals surface area contributed by atoms with Crippen molar-refractivity contribution in [2.45, 2.75) is 58.4 Å². The van der Waals surface area contributed by atoms with Gasteiger partial charge in [-0.25, -0.2) is 0 Å². The molecule has 0 aromatic heterocycles. The van der Waals surface area contributed by atoms with Gasteiger partial charge in [-0.2, -0.15) is 5.26 Å². The summed E-state index contributed by atoms with van der Waals surface area (Å²) in [6, 6.07) is 19.0. The van der Waals surface area contributed by atoms with Crippen LogP contribution in [0.1, 0.15) is 69.5 Å². The monoisotopic (exact) mass is 404 g/mol. The molecular weight excluding hydrogens is 372 g/mol. The van der Waals surface area contributed by atoms with Crippen LogP contribution < -0.4 is 10.1 Å². The summed E-state index contributed by atoms with van der Waals surface area (Å²) in [6.07, 6.45) is 9.00. The number of carbonyl (C=O) groups excluding carboxylic acids is 1. The van der Waals surface area contributed by atoms with E-state index in [-0.39, 0.29) is 17.5 Å². The zero-order valence-electron chi connectivity index (χ0n) is 18.1. The van der Waals surface area contributed by atoms with E-state index in [2.05, 4.69) is 12.2 Å². The fourth-order valence-corrected chi connectivity index (χ4v) is 3.15. The van der Waals surface area contributed by atoms with Gasteiger partial charge in [0, 0.05) is 0 Å². The predicted octanol–water partition coefficient (Wildman–Crippen LogP) is 6.21. The average Bonchev–Trinajstić information content (AvgIpc) is 2.78. The lowest BCUT2D eigenvalue weighted by molar-refractivity contribution is -0.117. The van der Waals surface area contributed by atoms with Gasteiger partial charge in [-0.15, -0.1) is 0 Å². The summed E-state index contributed by atoms with van der Waals surface area (Å²) in [5.41, 5.74) is 1.87. The minimum absolute atomic E-state index is 0.0820. The van der Waals surface area contributed by atoms with Crippen molar-refractivity contribution in [2.24, 2.45) is 0 Å². The van der Waals surface area contributed by atoms with E-state index in [1.165, 1.54) is 32.1 Å². The van der Waals surface area contributed by atoms with E-state index in [1.807, 2.05) is 67.6 Å². The van der Waals surface area contributed by atoms with Crippen molar-refractivity contribution in [1.29, 1.82) is 5.26 Å². The van der Waals surface area contributed by atoms with E-state index in [0.29, 0.717) is 6.61 Å². The van der Waals surface area contributed by atoms with Gasteiger partial charge in [0.25, 0.3) is 5.91 Å². The number of benzene rings is 2. The first-order chi connectivity index (χ1) is 14.6. The molecule has 0 spiro atoms. The summed E-state index contributed by atoms with van der Waals surface area (Å²) < 4.78 is 5.78. The second-order valence-corrected chi connectivity index (χ2v) is 7.46. The number of hydrogen-bond acceptors (Lipinski definition) is 3. The van der Waals surface area contributed by atoms with Crippen molar-refractivity contribution in [2.75, 3.05) is 6.61 Å². The van der Waals surface area contributed by atoms with Crippen LogP contribution in [0, 0.1) is 11.3 Å². The van der Waals surface area contributed by atoms with Crippen LogP contribution in [0.15, 0.2) is 60.2 Å². The molecule has 1 atom stereocenters. The lowest BCUT2D eigenvalue weighted by Gasteiger charge is -2.13. The highest BCUT2D eigenvalue weighted by molar-refractivity contribution is 6.01. The number of nitrogens with one attached hydrogen (secondary N) is 1. The predicted molar refractivity (Wildman–Crippen MR) is 122 cm³/mol. The van der Waals surface area contributed by atoms with Gasteiger partial charge in [0.05, 0.1) is 12.6 Å². The fourth-order valence-electron chi connectivity index (χ4n) is 3.15. The smallest absolute Gasteiger partial charge is 0.262 e. The van der Waals surface area contributed by atoms with Gasteiger partial charge >= 0.3 is 0 Å². The fraction of sp³-hybridized carbons (Fsp3) is 0.385. The van der Waals surface area contributed by atoms with Crippen LogP contribution in [0.25, 0.3) is 6.08 Å². The lowest BCUT2D eigenvalue weighted by atomic mass is 10.1. The molecule has 0 saturated heterocycles. The second kappa shape index (κ2) is 13.2. The zero-order chi connectivity index (χ0) is 21.6. The van der Waals surface area contributed by atoms with Gasteiger partial charge < -0.3 is 10.1 Å². The van der Waals surface area contributed by atoms with Crippen LogP contribution in [-0.2, 0) is 4.79 Å². The molecule has 4 nitrogen and oxygen atoms in total. The Kier molecular flexibility index (Phi) is 10.2. The van der Waals surface area contributed by atoms with Crippen molar-refractivity contribution in [3.05, 3.63) is 71.3 Å². The van der Waals surface area contributed by atoms with E-state index in [1.54, 1.807) is 6.08 Å². The summed E-state index contributed by atoms with van der Waals surface area (Å²) in [5, 5.41) is 12.3.